The number of fused-ring (bicyclic) bond motifs is 1. The van der Waals surface area contributed by atoms with Crippen LogP contribution in [-0.2, 0) is 6.54 Å². The van der Waals surface area contributed by atoms with Gasteiger partial charge in [0.15, 0.2) is 0 Å². The highest BCUT2D eigenvalue weighted by molar-refractivity contribution is 5.87. The lowest BCUT2D eigenvalue weighted by atomic mass is 9.84. The molecule has 0 unspecified atom stereocenters. The van der Waals surface area contributed by atoms with Gasteiger partial charge in [0.1, 0.15) is 0 Å². The molecule has 0 spiro atoms. The second-order valence-corrected chi connectivity index (χ2v) is 6.98. The van der Waals surface area contributed by atoms with Crippen molar-refractivity contribution in [2.45, 2.75) is 33.2 Å². The fourth-order valence-corrected chi connectivity index (χ4v) is 4.16. The summed E-state index contributed by atoms with van der Waals surface area (Å²) in [5.41, 5.74) is 4.79. The monoisotopic (exact) mass is 375 g/mol. The van der Waals surface area contributed by atoms with E-state index < -0.39 is 5.92 Å². The number of hydrogen-bond donors (Lipinski definition) is 4. The first-order valence-electron chi connectivity index (χ1n) is 9.01. The fourth-order valence-electron chi connectivity index (χ4n) is 4.16. The van der Waals surface area contributed by atoms with Crippen LogP contribution in [0.25, 0.3) is 10.9 Å². The van der Waals surface area contributed by atoms with E-state index in [0.717, 1.165) is 22.2 Å². The summed E-state index contributed by atoms with van der Waals surface area (Å²) in [5.74, 6) is 2.17. The molecule has 0 bridgehead atoms. The maximum Gasteiger partial charge on any atom is 0.268 e. The Hall–Kier alpha value is -3.66. The maximum absolute atomic E-state index is 12.7. The Morgan fingerprint density at radius 1 is 0.929 bits per heavy atom. The zero-order valence-corrected chi connectivity index (χ0v) is 15.9. The van der Waals surface area contributed by atoms with E-state index in [1.54, 1.807) is 0 Å². The molecule has 0 saturated carbocycles. The van der Waals surface area contributed by atoms with Crippen LogP contribution in [0.2, 0.25) is 0 Å². The SMILES string of the molecule is C#CCn1c(C)c(C(c2c(C)[nH][nH]c2=O)c2c(C)[nH][nH]c2=O)c2ccccc21. The van der Waals surface area contributed by atoms with Gasteiger partial charge in [-0.1, -0.05) is 24.1 Å². The molecule has 0 atom stereocenters. The summed E-state index contributed by atoms with van der Waals surface area (Å²) in [6.07, 6.45) is 5.60. The van der Waals surface area contributed by atoms with E-state index in [1.807, 2.05) is 49.6 Å². The number of terminal acetylenes is 1. The Morgan fingerprint density at radius 2 is 1.50 bits per heavy atom. The molecule has 0 aliphatic rings. The molecule has 28 heavy (non-hydrogen) atoms. The highest BCUT2D eigenvalue weighted by Crippen LogP contribution is 2.39. The van der Waals surface area contributed by atoms with Crippen molar-refractivity contribution in [2.75, 3.05) is 0 Å². The predicted octanol–water partition coefficient (Wildman–Crippen LogP) is 2.41. The van der Waals surface area contributed by atoms with Crippen molar-refractivity contribution in [2.24, 2.45) is 0 Å². The Labute approximate surface area is 160 Å². The molecule has 0 fully saturated rings. The molecule has 4 N–H and O–H groups in total. The van der Waals surface area contributed by atoms with Crippen LogP contribution in [0.15, 0.2) is 33.9 Å². The van der Waals surface area contributed by atoms with E-state index in [1.165, 1.54) is 0 Å². The van der Waals surface area contributed by atoms with Crippen LogP contribution in [0.5, 0.6) is 0 Å². The molecule has 7 nitrogen and oxygen atoms in total. The molecule has 7 heteroatoms. The number of nitrogens with one attached hydrogen (secondary N) is 4. The highest BCUT2D eigenvalue weighted by atomic mass is 16.1. The Morgan fingerprint density at radius 3 is 2.00 bits per heavy atom. The first-order valence-corrected chi connectivity index (χ1v) is 9.01. The van der Waals surface area contributed by atoms with Crippen LogP contribution in [0.4, 0.5) is 0 Å². The van der Waals surface area contributed by atoms with Crippen molar-refractivity contribution >= 4 is 10.9 Å². The normalized spacial score (nSPS) is 11.4. The lowest BCUT2D eigenvalue weighted by Crippen LogP contribution is -2.21. The number of aryl methyl sites for hydroxylation is 2. The number of rotatable bonds is 4. The van der Waals surface area contributed by atoms with Gasteiger partial charge in [-0.15, -0.1) is 6.42 Å². The van der Waals surface area contributed by atoms with Gasteiger partial charge in [0.25, 0.3) is 11.1 Å². The third-order valence-electron chi connectivity index (χ3n) is 5.42. The predicted molar refractivity (Wildman–Crippen MR) is 109 cm³/mol. The summed E-state index contributed by atoms with van der Waals surface area (Å²) < 4.78 is 2.05. The molecule has 1 aromatic carbocycles. The minimum atomic E-state index is -0.533. The van der Waals surface area contributed by atoms with Gasteiger partial charge in [0, 0.05) is 28.0 Å². The van der Waals surface area contributed by atoms with Gasteiger partial charge in [0.2, 0.25) is 0 Å². The average Bonchev–Trinajstić information content (AvgIpc) is 3.28. The van der Waals surface area contributed by atoms with Gasteiger partial charge >= 0.3 is 0 Å². The minimum absolute atomic E-state index is 0.240. The van der Waals surface area contributed by atoms with E-state index in [-0.39, 0.29) is 11.1 Å². The van der Waals surface area contributed by atoms with E-state index in [0.29, 0.717) is 29.1 Å². The molecule has 4 rings (SSSR count). The lowest BCUT2D eigenvalue weighted by Gasteiger charge is -2.17. The Bertz CT molecular complexity index is 1280. The zero-order valence-electron chi connectivity index (χ0n) is 15.9. The quantitative estimate of drug-likeness (QED) is 0.412. The molecule has 0 aliphatic carbocycles. The largest absolute Gasteiger partial charge is 0.333 e. The van der Waals surface area contributed by atoms with Crippen LogP contribution in [0.3, 0.4) is 0 Å². The summed E-state index contributed by atoms with van der Waals surface area (Å²) in [6, 6.07) is 7.91. The molecule has 0 radical (unpaired) electrons. The third-order valence-corrected chi connectivity index (χ3v) is 5.42. The summed E-state index contributed by atoms with van der Waals surface area (Å²) in [6.45, 7) is 6.04. The van der Waals surface area contributed by atoms with Crippen molar-refractivity contribution < 1.29 is 0 Å². The lowest BCUT2D eigenvalue weighted by molar-refractivity contribution is 0.821. The molecule has 142 valence electrons. The van der Waals surface area contributed by atoms with Crippen molar-refractivity contribution in [1.29, 1.82) is 0 Å². The second kappa shape index (κ2) is 6.50. The number of benzene rings is 1. The number of aromatic nitrogens is 5. The standard InChI is InChI=1S/C21H21N5O2/c1-5-10-26-13(4)18(14-8-6-7-9-15(14)26)19(16-11(2)22-24-20(16)27)17-12(3)23-25-21(17)28/h1,6-9,19H,10H2,2-4H3,(H2,22,24,27)(H2,23,25,28). The van der Waals surface area contributed by atoms with Crippen LogP contribution in [0, 0.1) is 33.1 Å². The van der Waals surface area contributed by atoms with Gasteiger partial charge < -0.3 is 14.8 Å². The Balaban J connectivity index is 2.16. The molecule has 0 aliphatic heterocycles. The van der Waals surface area contributed by atoms with E-state index in [9.17, 15) is 9.59 Å². The van der Waals surface area contributed by atoms with Gasteiger partial charge in [-0.25, -0.2) is 0 Å². The molecule has 3 heterocycles. The van der Waals surface area contributed by atoms with Crippen LogP contribution >= 0.6 is 0 Å². The number of nitrogens with zero attached hydrogens (tertiary/aromatic N) is 1. The summed E-state index contributed by atoms with van der Waals surface area (Å²) in [7, 11) is 0. The fraction of sp³-hybridized carbons (Fsp3) is 0.238. The van der Waals surface area contributed by atoms with Crippen molar-refractivity contribution in [3.63, 3.8) is 0 Å². The van der Waals surface area contributed by atoms with Crippen molar-refractivity contribution in [3.05, 3.63) is 78.7 Å². The number of para-hydroxylation sites is 1. The number of aromatic amines is 4. The molecule has 3 aromatic heterocycles. The molecular formula is C21H21N5O2. The van der Waals surface area contributed by atoms with Crippen molar-refractivity contribution in [1.82, 2.24) is 25.0 Å². The maximum atomic E-state index is 12.7. The minimum Gasteiger partial charge on any atom is -0.333 e. The second-order valence-electron chi connectivity index (χ2n) is 6.98. The van der Waals surface area contributed by atoms with Gasteiger partial charge in [-0.05, 0) is 32.4 Å². The topological polar surface area (TPSA) is 102 Å². The van der Waals surface area contributed by atoms with Crippen molar-refractivity contribution in [3.8, 4) is 12.3 Å². The zero-order chi connectivity index (χ0) is 20.0. The number of hydrogen-bond acceptors (Lipinski definition) is 2. The first kappa shape index (κ1) is 17.7. The summed E-state index contributed by atoms with van der Waals surface area (Å²) >= 11 is 0. The third kappa shape index (κ3) is 2.46. The van der Waals surface area contributed by atoms with Crippen LogP contribution in [-0.4, -0.2) is 25.0 Å². The van der Waals surface area contributed by atoms with Gasteiger partial charge in [-0.2, -0.15) is 0 Å². The summed E-state index contributed by atoms with van der Waals surface area (Å²) in [4.78, 5) is 25.4. The molecular weight excluding hydrogens is 354 g/mol. The van der Waals surface area contributed by atoms with Gasteiger partial charge in [0.05, 0.1) is 23.6 Å². The Kier molecular flexibility index (Phi) is 4.12. The van der Waals surface area contributed by atoms with E-state index in [4.69, 9.17) is 6.42 Å². The first-order chi connectivity index (χ1) is 13.5. The smallest absolute Gasteiger partial charge is 0.268 e. The van der Waals surface area contributed by atoms with Crippen LogP contribution < -0.4 is 11.1 Å². The van der Waals surface area contributed by atoms with E-state index >= 15 is 0 Å². The highest BCUT2D eigenvalue weighted by Gasteiger charge is 2.32. The number of H-pyrrole nitrogens is 4. The molecule has 4 aromatic rings. The molecule has 0 saturated heterocycles. The average molecular weight is 375 g/mol. The molecule has 0 amide bonds. The van der Waals surface area contributed by atoms with Crippen LogP contribution in [0.1, 0.15) is 39.7 Å². The van der Waals surface area contributed by atoms with Gasteiger partial charge in [-0.3, -0.25) is 19.8 Å². The summed E-state index contributed by atoms with van der Waals surface area (Å²) in [5, 5.41) is 12.0. The van der Waals surface area contributed by atoms with E-state index in [2.05, 4.69) is 26.3 Å².